The first-order valence-corrected chi connectivity index (χ1v) is 9.23. The van der Waals surface area contributed by atoms with Crippen LogP contribution in [0.3, 0.4) is 0 Å². The fourth-order valence-electron chi connectivity index (χ4n) is 3.41. The Labute approximate surface area is 164 Å². The third kappa shape index (κ3) is 4.01. The summed E-state index contributed by atoms with van der Waals surface area (Å²) in [5.74, 6) is 1.12. The fourth-order valence-corrected chi connectivity index (χ4v) is 3.41. The quantitative estimate of drug-likeness (QED) is 0.725. The molecule has 1 amide bonds. The van der Waals surface area contributed by atoms with Gasteiger partial charge in [-0.25, -0.2) is 0 Å². The zero-order chi connectivity index (χ0) is 20.6. The van der Waals surface area contributed by atoms with Gasteiger partial charge in [-0.2, -0.15) is 17.7 Å². The van der Waals surface area contributed by atoms with Gasteiger partial charge in [-0.1, -0.05) is 0 Å². The van der Waals surface area contributed by atoms with Gasteiger partial charge in [-0.15, -0.1) is 15.3 Å². The molecule has 0 bridgehead atoms. The summed E-state index contributed by atoms with van der Waals surface area (Å²) in [7, 11) is 0. The van der Waals surface area contributed by atoms with E-state index in [9.17, 15) is 18.0 Å². The van der Waals surface area contributed by atoms with Gasteiger partial charge in [-0.3, -0.25) is 4.79 Å². The van der Waals surface area contributed by atoms with Crippen LogP contribution in [0.4, 0.5) is 24.7 Å². The number of anilines is 2. The molecule has 0 saturated carbocycles. The number of hydrogen-bond acceptors (Lipinski definition) is 5. The highest BCUT2D eigenvalue weighted by molar-refractivity contribution is 5.92. The van der Waals surface area contributed by atoms with E-state index in [1.54, 1.807) is 4.52 Å². The van der Waals surface area contributed by atoms with Crippen LogP contribution in [0.5, 0.6) is 0 Å². The first kappa shape index (κ1) is 19.2. The Balaban J connectivity index is 1.36. The number of fused-ring (bicyclic) bond motifs is 1. The summed E-state index contributed by atoms with van der Waals surface area (Å²) in [6.45, 7) is 3.14. The third-order valence-electron chi connectivity index (χ3n) is 5.07. The minimum Gasteiger partial charge on any atom is -0.355 e. The third-order valence-corrected chi connectivity index (χ3v) is 5.07. The molecule has 1 aliphatic rings. The fraction of sp³-hybridized carbons (Fsp3) is 0.368. The number of nitrogens with zero attached hydrogens (tertiary/aromatic N) is 5. The number of piperidine rings is 1. The average molecular weight is 404 g/mol. The Kier molecular flexibility index (Phi) is 4.85. The molecule has 1 saturated heterocycles. The molecule has 7 nitrogen and oxygen atoms in total. The van der Waals surface area contributed by atoms with E-state index >= 15 is 0 Å². The molecule has 4 rings (SSSR count). The maximum atomic E-state index is 12.6. The summed E-state index contributed by atoms with van der Waals surface area (Å²) in [5.41, 5.74) is 0.300. The zero-order valence-electron chi connectivity index (χ0n) is 15.6. The lowest BCUT2D eigenvalue weighted by Gasteiger charge is -2.32. The van der Waals surface area contributed by atoms with E-state index in [1.807, 2.05) is 19.1 Å². The van der Waals surface area contributed by atoms with Crippen molar-refractivity contribution in [3.05, 3.63) is 47.8 Å². The van der Waals surface area contributed by atoms with Gasteiger partial charge in [0.1, 0.15) is 5.82 Å². The number of aryl methyl sites for hydroxylation is 1. The van der Waals surface area contributed by atoms with Gasteiger partial charge in [0.15, 0.2) is 11.5 Å². The van der Waals surface area contributed by atoms with Crippen LogP contribution in [0, 0.1) is 12.8 Å². The van der Waals surface area contributed by atoms with Gasteiger partial charge in [0.2, 0.25) is 5.91 Å². The number of hydrogen-bond donors (Lipinski definition) is 1. The average Bonchev–Trinajstić information content (AvgIpc) is 3.08. The predicted molar refractivity (Wildman–Crippen MR) is 101 cm³/mol. The summed E-state index contributed by atoms with van der Waals surface area (Å²) < 4.78 is 39.6. The standard InChI is InChI=1S/C19H19F3N6O/c1-12-24-25-16-6-7-17(26-28(12)16)27-10-8-13(9-11-27)18(29)23-15-4-2-14(3-5-15)19(20,21)22/h2-7,13H,8-11H2,1H3,(H,23,29). The van der Waals surface area contributed by atoms with Crippen molar-refractivity contribution in [3.8, 4) is 0 Å². The summed E-state index contributed by atoms with van der Waals surface area (Å²) >= 11 is 0. The van der Waals surface area contributed by atoms with Crippen LogP contribution in [0.2, 0.25) is 0 Å². The maximum Gasteiger partial charge on any atom is 0.416 e. The second-order valence-corrected chi connectivity index (χ2v) is 7.03. The Hall–Kier alpha value is -3.17. The Morgan fingerprint density at radius 3 is 2.41 bits per heavy atom. The lowest BCUT2D eigenvalue weighted by atomic mass is 9.95. The second-order valence-electron chi connectivity index (χ2n) is 7.03. The summed E-state index contributed by atoms with van der Waals surface area (Å²) in [5, 5.41) is 15.3. The van der Waals surface area contributed by atoms with Crippen LogP contribution < -0.4 is 10.2 Å². The molecular weight excluding hydrogens is 385 g/mol. The van der Waals surface area contributed by atoms with E-state index < -0.39 is 11.7 Å². The molecule has 10 heteroatoms. The molecule has 0 radical (unpaired) electrons. The van der Waals surface area contributed by atoms with Crippen LogP contribution in [0.1, 0.15) is 24.2 Å². The molecule has 0 atom stereocenters. The number of carbonyl (C=O) groups is 1. The number of benzene rings is 1. The van der Waals surface area contributed by atoms with Gasteiger partial charge in [0.05, 0.1) is 5.56 Å². The topological polar surface area (TPSA) is 75.4 Å². The molecule has 2 aromatic heterocycles. The van der Waals surface area contributed by atoms with Crippen molar-refractivity contribution in [2.24, 2.45) is 5.92 Å². The molecular formula is C19H19F3N6O. The van der Waals surface area contributed by atoms with Gasteiger partial charge in [0, 0.05) is 24.7 Å². The van der Waals surface area contributed by atoms with Gasteiger partial charge < -0.3 is 10.2 Å². The smallest absolute Gasteiger partial charge is 0.355 e. The molecule has 0 aliphatic carbocycles. The predicted octanol–water partition coefficient (Wildman–Crippen LogP) is 3.31. The number of amides is 1. The molecule has 1 N–H and O–H groups in total. The highest BCUT2D eigenvalue weighted by Gasteiger charge is 2.30. The van der Waals surface area contributed by atoms with Crippen LogP contribution in [-0.4, -0.2) is 38.8 Å². The van der Waals surface area contributed by atoms with Gasteiger partial charge in [0.25, 0.3) is 0 Å². The summed E-state index contributed by atoms with van der Waals surface area (Å²) in [6.07, 6.45) is -3.13. The van der Waals surface area contributed by atoms with E-state index in [4.69, 9.17) is 0 Å². The lowest BCUT2D eigenvalue weighted by Crippen LogP contribution is -2.38. The normalized spacial score (nSPS) is 15.7. The summed E-state index contributed by atoms with van der Waals surface area (Å²) in [4.78, 5) is 14.6. The largest absolute Gasteiger partial charge is 0.416 e. The number of alkyl halides is 3. The van der Waals surface area contributed by atoms with Crippen molar-refractivity contribution in [1.82, 2.24) is 19.8 Å². The molecule has 0 spiro atoms. The van der Waals surface area contributed by atoms with Crippen LogP contribution in [0.15, 0.2) is 36.4 Å². The molecule has 1 aliphatic heterocycles. The molecule has 1 aromatic carbocycles. The van der Waals surface area contributed by atoms with Crippen molar-refractivity contribution in [3.63, 3.8) is 0 Å². The van der Waals surface area contributed by atoms with Crippen molar-refractivity contribution < 1.29 is 18.0 Å². The SMILES string of the molecule is Cc1nnc2ccc(N3CCC(C(=O)Nc4ccc(C(F)(F)F)cc4)CC3)nn12. The zero-order valence-corrected chi connectivity index (χ0v) is 15.6. The molecule has 152 valence electrons. The molecule has 1 fully saturated rings. The monoisotopic (exact) mass is 404 g/mol. The summed E-state index contributed by atoms with van der Waals surface area (Å²) in [6, 6.07) is 8.21. The second kappa shape index (κ2) is 7.34. The Morgan fingerprint density at radius 2 is 1.76 bits per heavy atom. The number of rotatable bonds is 3. The lowest BCUT2D eigenvalue weighted by molar-refractivity contribution is -0.137. The van der Waals surface area contributed by atoms with Crippen LogP contribution >= 0.6 is 0 Å². The minimum absolute atomic E-state index is 0.178. The van der Waals surface area contributed by atoms with Crippen LogP contribution in [-0.2, 0) is 11.0 Å². The Morgan fingerprint density at radius 1 is 1.07 bits per heavy atom. The van der Waals surface area contributed by atoms with E-state index in [-0.39, 0.29) is 11.8 Å². The van der Waals surface area contributed by atoms with Gasteiger partial charge >= 0.3 is 6.18 Å². The number of carbonyl (C=O) groups excluding carboxylic acids is 1. The van der Waals surface area contributed by atoms with E-state index in [2.05, 4.69) is 25.5 Å². The maximum absolute atomic E-state index is 12.6. The van der Waals surface area contributed by atoms with Crippen molar-refractivity contribution in [2.75, 3.05) is 23.3 Å². The van der Waals surface area contributed by atoms with Gasteiger partial charge in [-0.05, 0) is 56.2 Å². The Bertz CT molecular complexity index is 1020. The van der Waals surface area contributed by atoms with Crippen molar-refractivity contribution in [2.45, 2.75) is 25.9 Å². The number of aromatic nitrogens is 4. The molecule has 0 unspecified atom stereocenters. The number of nitrogens with one attached hydrogen (secondary N) is 1. The highest BCUT2D eigenvalue weighted by Crippen LogP contribution is 2.30. The molecule has 29 heavy (non-hydrogen) atoms. The first-order valence-electron chi connectivity index (χ1n) is 9.23. The van der Waals surface area contributed by atoms with Crippen molar-refractivity contribution >= 4 is 23.1 Å². The first-order chi connectivity index (χ1) is 13.8. The van der Waals surface area contributed by atoms with Crippen LogP contribution in [0.25, 0.3) is 5.65 Å². The van der Waals surface area contributed by atoms with E-state index in [1.165, 1.54) is 12.1 Å². The number of halogens is 3. The molecule has 3 aromatic rings. The van der Waals surface area contributed by atoms with Crippen molar-refractivity contribution in [1.29, 1.82) is 0 Å². The van der Waals surface area contributed by atoms with E-state index in [0.29, 0.717) is 43.1 Å². The molecule has 3 heterocycles. The minimum atomic E-state index is -4.39. The van der Waals surface area contributed by atoms with E-state index in [0.717, 1.165) is 18.0 Å². The highest BCUT2D eigenvalue weighted by atomic mass is 19.4.